The average Bonchev–Trinajstić information content (AvgIpc) is 2.82. The second-order valence-electron chi connectivity index (χ2n) is 3.53. The Morgan fingerprint density at radius 1 is 1.79 bits per heavy atom. The fourth-order valence-electron chi connectivity index (χ4n) is 1.71. The Labute approximate surface area is 81.5 Å². The Hall–Kier alpha value is -1.29. The van der Waals surface area contributed by atoms with Crippen LogP contribution in [0.1, 0.15) is 23.7 Å². The number of aliphatic carboxylic acids is 1. The maximum absolute atomic E-state index is 10.7. The Bertz CT molecular complexity index is 342. The van der Waals surface area contributed by atoms with Crippen molar-refractivity contribution in [3.63, 3.8) is 0 Å². The van der Waals surface area contributed by atoms with Crippen molar-refractivity contribution in [3.05, 3.63) is 23.7 Å². The third-order valence-electron chi connectivity index (χ3n) is 2.52. The van der Waals surface area contributed by atoms with Crippen LogP contribution in [0.25, 0.3) is 0 Å². The normalized spacial score (nSPS) is 24.9. The second kappa shape index (κ2) is 3.46. The smallest absolute Gasteiger partial charge is 0.307 e. The molecule has 0 amide bonds. The minimum Gasteiger partial charge on any atom is -0.481 e. The van der Waals surface area contributed by atoms with E-state index in [0.29, 0.717) is 13.0 Å². The molecule has 0 aliphatic heterocycles. The zero-order valence-electron chi connectivity index (χ0n) is 7.90. The number of furan rings is 1. The molecule has 1 aliphatic rings. The van der Waals surface area contributed by atoms with Gasteiger partial charge in [-0.15, -0.1) is 0 Å². The van der Waals surface area contributed by atoms with Gasteiger partial charge in [0.2, 0.25) is 0 Å². The fraction of sp³-hybridized carbons (Fsp3) is 0.500. The van der Waals surface area contributed by atoms with Crippen molar-refractivity contribution in [2.45, 2.75) is 18.9 Å². The lowest BCUT2D eigenvalue weighted by atomic mass is 10.1. The highest BCUT2D eigenvalue weighted by molar-refractivity contribution is 5.75. The molecule has 76 valence electrons. The Balaban J connectivity index is 2.10. The molecule has 1 fully saturated rings. The van der Waals surface area contributed by atoms with E-state index in [2.05, 4.69) is 0 Å². The van der Waals surface area contributed by atoms with Gasteiger partial charge < -0.3 is 14.3 Å². The van der Waals surface area contributed by atoms with E-state index in [1.807, 2.05) is 6.07 Å². The van der Waals surface area contributed by atoms with Gasteiger partial charge in [0.25, 0.3) is 0 Å². The highest BCUT2D eigenvalue weighted by Gasteiger charge is 2.47. The molecule has 0 radical (unpaired) electrons. The molecule has 0 saturated heterocycles. The van der Waals surface area contributed by atoms with Crippen LogP contribution in [0.3, 0.4) is 0 Å². The summed E-state index contributed by atoms with van der Waals surface area (Å²) < 4.78 is 10.3. The molecule has 4 nitrogen and oxygen atoms in total. The largest absolute Gasteiger partial charge is 0.481 e. The van der Waals surface area contributed by atoms with E-state index in [1.165, 1.54) is 0 Å². The van der Waals surface area contributed by atoms with Gasteiger partial charge in [-0.2, -0.15) is 0 Å². The standard InChI is InChI=1S/C10H12O4/c1-13-5-6-2-3-14-9(6)7-4-8(7)10(11)12/h2-3,7-8H,4-5H2,1H3,(H,11,12). The average molecular weight is 196 g/mol. The highest BCUT2D eigenvalue weighted by Crippen LogP contribution is 2.48. The number of carboxylic acid groups (broad SMARTS) is 1. The van der Waals surface area contributed by atoms with Gasteiger partial charge in [0.15, 0.2) is 0 Å². The van der Waals surface area contributed by atoms with Crippen molar-refractivity contribution in [3.8, 4) is 0 Å². The monoisotopic (exact) mass is 196 g/mol. The lowest BCUT2D eigenvalue weighted by Gasteiger charge is -1.99. The molecule has 0 bridgehead atoms. The predicted molar refractivity (Wildman–Crippen MR) is 47.9 cm³/mol. The van der Waals surface area contributed by atoms with Gasteiger partial charge in [-0.3, -0.25) is 4.79 Å². The van der Waals surface area contributed by atoms with Gasteiger partial charge in [0.05, 0.1) is 18.8 Å². The number of hydrogen-bond donors (Lipinski definition) is 1. The van der Waals surface area contributed by atoms with E-state index in [-0.39, 0.29) is 11.8 Å². The lowest BCUT2D eigenvalue weighted by Crippen LogP contribution is -1.99. The number of methoxy groups -OCH3 is 1. The van der Waals surface area contributed by atoms with Crippen LogP contribution in [0, 0.1) is 5.92 Å². The molecule has 14 heavy (non-hydrogen) atoms. The van der Waals surface area contributed by atoms with Crippen LogP contribution in [0.4, 0.5) is 0 Å². The van der Waals surface area contributed by atoms with Gasteiger partial charge in [-0.1, -0.05) is 0 Å². The van der Waals surface area contributed by atoms with E-state index >= 15 is 0 Å². The van der Waals surface area contributed by atoms with Crippen molar-refractivity contribution < 1.29 is 19.1 Å². The van der Waals surface area contributed by atoms with Crippen molar-refractivity contribution in [2.24, 2.45) is 5.92 Å². The number of hydrogen-bond acceptors (Lipinski definition) is 3. The summed E-state index contributed by atoms with van der Waals surface area (Å²) >= 11 is 0. The summed E-state index contributed by atoms with van der Waals surface area (Å²) in [5.74, 6) is -0.182. The molecule has 0 spiro atoms. The van der Waals surface area contributed by atoms with Crippen molar-refractivity contribution in [1.82, 2.24) is 0 Å². The first-order chi connectivity index (χ1) is 6.74. The number of carbonyl (C=O) groups is 1. The van der Waals surface area contributed by atoms with E-state index in [9.17, 15) is 4.79 Å². The van der Waals surface area contributed by atoms with Gasteiger partial charge >= 0.3 is 5.97 Å². The summed E-state index contributed by atoms with van der Waals surface area (Å²) in [4.78, 5) is 10.7. The second-order valence-corrected chi connectivity index (χ2v) is 3.53. The van der Waals surface area contributed by atoms with Gasteiger partial charge in [0, 0.05) is 18.6 Å². The minimum absolute atomic E-state index is 0.0487. The number of carboxylic acids is 1. The van der Waals surface area contributed by atoms with E-state index in [0.717, 1.165) is 11.3 Å². The molecule has 1 N–H and O–H groups in total. The minimum atomic E-state index is -0.741. The quantitative estimate of drug-likeness (QED) is 0.794. The van der Waals surface area contributed by atoms with Crippen LogP contribution in [0.5, 0.6) is 0 Å². The molecule has 1 aromatic rings. The van der Waals surface area contributed by atoms with Crippen LogP contribution in [-0.2, 0) is 16.1 Å². The first kappa shape index (κ1) is 9.27. The summed E-state index contributed by atoms with van der Waals surface area (Å²) in [5.41, 5.74) is 0.959. The van der Waals surface area contributed by atoms with Crippen molar-refractivity contribution in [1.29, 1.82) is 0 Å². The number of rotatable bonds is 4. The summed E-state index contributed by atoms with van der Waals surface area (Å²) in [5, 5.41) is 8.77. The molecule has 2 unspecified atom stereocenters. The molecular formula is C10H12O4. The van der Waals surface area contributed by atoms with Gasteiger partial charge in [-0.25, -0.2) is 0 Å². The summed E-state index contributed by atoms with van der Waals surface area (Å²) in [6.07, 6.45) is 2.26. The Morgan fingerprint density at radius 2 is 2.57 bits per heavy atom. The maximum atomic E-state index is 10.7. The third-order valence-corrected chi connectivity index (χ3v) is 2.52. The molecule has 1 saturated carbocycles. The Morgan fingerprint density at radius 3 is 3.14 bits per heavy atom. The van der Waals surface area contributed by atoms with Crippen LogP contribution in [-0.4, -0.2) is 18.2 Å². The molecule has 0 aromatic carbocycles. The van der Waals surface area contributed by atoms with E-state index in [1.54, 1.807) is 13.4 Å². The summed E-state index contributed by atoms with van der Waals surface area (Å²) in [6, 6.07) is 1.83. The highest BCUT2D eigenvalue weighted by atomic mass is 16.5. The van der Waals surface area contributed by atoms with E-state index < -0.39 is 5.97 Å². The van der Waals surface area contributed by atoms with Crippen LogP contribution in [0.15, 0.2) is 16.7 Å². The van der Waals surface area contributed by atoms with Crippen LogP contribution >= 0.6 is 0 Å². The first-order valence-electron chi connectivity index (χ1n) is 4.52. The summed E-state index contributed by atoms with van der Waals surface area (Å²) in [6.45, 7) is 0.481. The molecule has 2 rings (SSSR count). The number of ether oxygens (including phenoxy) is 1. The molecule has 2 atom stereocenters. The van der Waals surface area contributed by atoms with Crippen LogP contribution in [0.2, 0.25) is 0 Å². The molecule has 4 heteroatoms. The fourth-order valence-corrected chi connectivity index (χ4v) is 1.71. The Kier molecular flexibility index (Phi) is 2.29. The van der Waals surface area contributed by atoms with Gasteiger partial charge in [-0.05, 0) is 12.5 Å². The van der Waals surface area contributed by atoms with Crippen molar-refractivity contribution in [2.75, 3.05) is 7.11 Å². The third kappa shape index (κ3) is 1.53. The lowest BCUT2D eigenvalue weighted by molar-refractivity contribution is -0.138. The SMILES string of the molecule is COCc1ccoc1C1CC1C(=O)O. The first-order valence-corrected chi connectivity index (χ1v) is 4.52. The molecular weight excluding hydrogens is 184 g/mol. The topological polar surface area (TPSA) is 59.7 Å². The molecule has 1 heterocycles. The summed E-state index contributed by atoms with van der Waals surface area (Å²) in [7, 11) is 1.61. The predicted octanol–water partition coefficient (Wildman–Crippen LogP) is 1.61. The van der Waals surface area contributed by atoms with Crippen LogP contribution < -0.4 is 0 Å². The van der Waals surface area contributed by atoms with Crippen molar-refractivity contribution >= 4 is 5.97 Å². The molecule has 1 aromatic heterocycles. The zero-order valence-corrected chi connectivity index (χ0v) is 7.90. The molecule has 1 aliphatic carbocycles. The van der Waals surface area contributed by atoms with E-state index in [4.69, 9.17) is 14.3 Å². The van der Waals surface area contributed by atoms with Gasteiger partial charge in [0.1, 0.15) is 5.76 Å². The zero-order chi connectivity index (χ0) is 10.1. The maximum Gasteiger partial charge on any atom is 0.307 e.